The van der Waals surface area contributed by atoms with Gasteiger partial charge in [-0.2, -0.15) is 13.9 Å². The van der Waals surface area contributed by atoms with E-state index in [1.54, 1.807) is 11.6 Å². The first-order chi connectivity index (χ1) is 10.5. The first-order valence-electron chi connectivity index (χ1n) is 6.78. The Labute approximate surface area is 127 Å². The van der Waals surface area contributed by atoms with Crippen molar-refractivity contribution in [1.29, 1.82) is 0 Å². The van der Waals surface area contributed by atoms with Crippen molar-refractivity contribution in [3.05, 3.63) is 59.4 Å². The molecule has 0 amide bonds. The molecular weight excluding hydrogens is 290 g/mol. The summed E-state index contributed by atoms with van der Waals surface area (Å²) < 4.78 is 31.2. The summed E-state index contributed by atoms with van der Waals surface area (Å²) in [6, 6.07) is 9.36. The molecule has 0 N–H and O–H groups in total. The average molecular weight is 306 g/mol. The molecule has 1 aromatic heterocycles. The SMILES string of the molecule is CC(CCOC(=O)c1cnn(-c2ccccc2)c1C)=C(F)F. The third kappa shape index (κ3) is 3.58. The molecule has 0 saturated carbocycles. The van der Waals surface area contributed by atoms with Crippen molar-refractivity contribution >= 4 is 5.97 Å². The zero-order valence-electron chi connectivity index (χ0n) is 12.3. The van der Waals surface area contributed by atoms with E-state index in [0.29, 0.717) is 11.3 Å². The predicted molar refractivity (Wildman–Crippen MR) is 78.1 cm³/mol. The predicted octanol–water partition coefficient (Wildman–Crippen LogP) is 3.90. The molecule has 2 aromatic rings. The Hall–Kier alpha value is -2.50. The van der Waals surface area contributed by atoms with Gasteiger partial charge in [0.05, 0.1) is 24.2 Å². The molecule has 1 heterocycles. The van der Waals surface area contributed by atoms with Gasteiger partial charge in [0, 0.05) is 6.42 Å². The molecule has 116 valence electrons. The van der Waals surface area contributed by atoms with E-state index in [1.807, 2.05) is 30.3 Å². The van der Waals surface area contributed by atoms with Crippen LogP contribution in [0, 0.1) is 6.92 Å². The van der Waals surface area contributed by atoms with Gasteiger partial charge in [-0.3, -0.25) is 0 Å². The summed E-state index contributed by atoms with van der Waals surface area (Å²) in [5.41, 5.74) is 1.72. The van der Waals surface area contributed by atoms with Crippen molar-refractivity contribution < 1.29 is 18.3 Å². The van der Waals surface area contributed by atoms with Gasteiger partial charge in [0.15, 0.2) is 0 Å². The van der Waals surface area contributed by atoms with E-state index < -0.39 is 12.0 Å². The molecule has 0 spiro atoms. The summed E-state index contributed by atoms with van der Waals surface area (Å²) >= 11 is 0. The number of hydrogen-bond acceptors (Lipinski definition) is 3. The lowest BCUT2D eigenvalue weighted by molar-refractivity contribution is 0.0507. The number of ether oxygens (including phenoxy) is 1. The number of hydrogen-bond donors (Lipinski definition) is 0. The molecule has 1 aromatic carbocycles. The van der Waals surface area contributed by atoms with Crippen LogP contribution in [0.5, 0.6) is 0 Å². The minimum absolute atomic E-state index is 0.0138. The maximum absolute atomic E-state index is 12.3. The summed E-state index contributed by atoms with van der Waals surface area (Å²) in [7, 11) is 0. The fourth-order valence-corrected chi connectivity index (χ4v) is 1.91. The van der Waals surface area contributed by atoms with Gasteiger partial charge < -0.3 is 4.74 Å². The van der Waals surface area contributed by atoms with Gasteiger partial charge in [0.1, 0.15) is 5.56 Å². The Kier molecular flexibility index (Phi) is 5.04. The van der Waals surface area contributed by atoms with Gasteiger partial charge in [0.25, 0.3) is 6.08 Å². The molecule has 0 aliphatic heterocycles. The minimum Gasteiger partial charge on any atom is -0.462 e. The maximum Gasteiger partial charge on any atom is 0.341 e. The van der Waals surface area contributed by atoms with Gasteiger partial charge in [-0.25, -0.2) is 9.48 Å². The van der Waals surface area contributed by atoms with E-state index in [1.165, 1.54) is 13.1 Å². The van der Waals surface area contributed by atoms with E-state index in [-0.39, 0.29) is 18.6 Å². The number of nitrogens with zero attached hydrogens (tertiary/aromatic N) is 2. The topological polar surface area (TPSA) is 44.1 Å². The number of rotatable bonds is 5. The first-order valence-corrected chi connectivity index (χ1v) is 6.78. The van der Waals surface area contributed by atoms with Crippen LogP contribution in [0.1, 0.15) is 29.4 Å². The maximum atomic E-state index is 12.3. The van der Waals surface area contributed by atoms with Gasteiger partial charge in [0.2, 0.25) is 0 Å². The van der Waals surface area contributed by atoms with E-state index in [9.17, 15) is 13.6 Å². The molecule has 0 radical (unpaired) electrons. The van der Waals surface area contributed by atoms with E-state index in [4.69, 9.17) is 4.74 Å². The summed E-state index contributed by atoms with van der Waals surface area (Å²) in [5, 5.41) is 4.16. The highest BCUT2D eigenvalue weighted by Gasteiger charge is 2.16. The molecule has 4 nitrogen and oxygen atoms in total. The van der Waals surface area contributed by atoms with Crippen LogP contribution in [0.4, 0.5) is 8.78 Å². The molecule has 6 heteroatoms. The number of halogens is 2. The van der Waals surface area contributed by atoms with Crippen LogP contribution in [0.25, 0.3) is 5.69 Å². The molecule has 2 rings (SSSR count). The van der Waals surface area contributed by atoms with Crippen molar-refractivity contribution in [1.82, 2.24) is 9.78 Å². The molecule has 0 bridgehead atoms. The smallest absolute Gasteiger partial charge is 0.341 e. The molecular formula is C16H16F2N2O2. The second kappa shape index (κ2) is 6.98. The monoisotopic (exact) mass is 306 g/mol. The highest BCUT2D eigenvalue weighted by molar-refractivity contribution is 5.90. The van der Waals surface area contributed by atoms with Crippen LogP contribution in [0.2, 0.25) is 0 Å². The lowest BCUT2D eigenvalue weighted by Gasteiger charge is -2.06. The quantitative estimate of drug-likeness (QED) is 0.787. The summed E-state index contributed by atoms with van der Waals surface area (Å²) in [5.74, 6) is -0.563. The normalized spacial score (nSPS) is 10.4. The molecule has 0 saturated heterocycles. The van der Waals surface area contributed by atoms with E-state index in [2.05, 4.69) is 5.10 Å². The van der Waals surface area contributed by atoms with Crippen LogP contribution in [-0.4, -0.2) is 22.4 Å². The van der Waals surface area contributed by atoms with Crippen LogP contribution in [0.15, 0.2) is 48.2 Å². The van der Waals surface area contributed by atoms with E-state index >= 15 is 0 Å². The van der Waals surface area contributed by atoms with Crippen LogP contribution < -0.4 is 0 Å². The standard InChI is InChI=1S/C16H16F2N2O2/c1-11(15(17)18)8-9-22-16(21)14-10-19-20(12(14)2)13-6-4-3-5-7-13/h3-7,10H,8-9H2,1-2H3. The lowest BCUT2D eigenvalue weighted by Crippen LogP contribution is -2.08. The number of esters is 1. The van der Waals surface area contributed by atoms with Crippen molar-refractivity contribution in [2.45, 2.75) is 20.3 Å². The molecule has 22 heavy (non-hydrogen) atoms. The number of carbonyl (C=O) groups excluding carboxylic acids is 1. The third-order valence-corrected chi connectivity index (χ3v) is 3.26. The van der Waals surface area contributed by atoms with Gasteiger partial charge >= 0.3 is 5.97 Å². The summed E-state index contributed by atoms with van der Waals surface area (Å²) in [6.45, 7) is 2.97. The number of benzene rings is 1. The van der Waals surface area contributed by atoms with Crippen LogP contribution in [0.3, 0.4) is 0 Å². The fourth-order valence-electron chi connectivity index (χ4n) is 1.91. The van der Waals surface area contributed by atoms with Crippen molar-refractivity contribution in [2.24, 2.45) is 0 Å². The minimum atomic E-state index is -1.73. The second-order valence-electron chi connectivity index (χ2n) is 4.82. The second-order valence-corrected chi connectivity index (χ2v) is 4.82. The van der Waals surface area contributed by atoms with E-state index in [0.717, 1.165) is 5.69 Å². The van der Waals surface area contributed by atoms with Gasteiger partial charge in [-0.05, 0) is 31.6 Å². The molecule has 0 fully saturated rings. The Balaban J connectivity index is 2.06. The Morgan fingerprint density at radius 3 is 2.59 bits per heavy atom. The Bertz CT molecular complexity index is 689. The largest absolute Gasteiger partial charge is 0.462 e. The Morgan fingerprint density at radius 1 is 1.27 bits per heavy atom. The molecule has 0 aliphatic carbocycles. The highest BCUT2D eigenvalue weighted by atomic mass is 19.3. The zero-order chi connectivity index (χ0) is 16.1. The zero-order valence-corrected chi connectivity index (χ0v) is 12.3. The van der Waals surface area contributed by atoms with Crippen molar-refractivity contribution in [3.63, 3.8) is 0 Å². The van der Waals surface area contributed by atoms with Crippen molar-refractivity contribution in [2.75, 3.05) is 6.61 Å². The summed E-state index contributed by atoms with van der Waals surface area (Å²) in [6.07, 6.45) is -0.299. The van der Waals surface area contributed by atoms with Gasteiger partial charge in [-0.15, -0.1) is 0 Å². The van der Waals surface area contributed by atoms with Crippen molar-refractivity contribution in [3.8, 4) is 5.69 Å². The summed E-state index contributed by atoms with van der Waals surface area (Å²) in [4.78, 5) is 12.0. The lowest BCUT2D eigenvalue weighted by atomic mass is 10.2. The molecule has 0 unspecified atom stereocenters. The fraction of sp³-hybridized carbons (Fsp3) is 0.250. The number of aromatic nitrogens is 2. The van der Waals surface area contributed by atoms with Crippen LogP contribution in [-0.2, 0) is 4.74 Å². The highest BCUT2D eigenvalue weighted by Crippen LogP contribution is 2.16. The third-order valence-electron chi connectivity index (χ3n) is 3.26. The number of carbonyl (C=O) groups is 1. The van der Waals surface area contributed by atoms with Gasteiger partial charge in [-0.1, -0.05) is 18.2 Å². The molecule has 0 atom stereocenters. The first kappa shape index (κ1) is 15.9. The average Bonchev–Trinajstić information content (AvgIpc) is 2.89. The molecule has 0 aliphatic rings. The Morgan fingerprint density at radius 2 is 1.95 bits per heavy atom. The van der Waals surface area contributed by atoms with Crippen LogP contribution >= 0.6 is 0 Å². The number of para-hydroxylation sites is 1.